The fourth-order valence-corrected chi connectivity index (χ4v) is 3.56. The zero-order valence-corrected chi connectivity index (χ0v) is 10.8. The van der Waals surface area contributed by atoms with E-state index in [1.54, 1.807) is 19.6 Å². The van der Waals surface area contributed by atoms with Gasteiger partial charge >= 0.3 is 0 Å². The molecular weight excluding hydrogens is 235 g/mol. The summed E-state index contributed by atoms with van der Waals surface area (Å²) in [6, 6.07) is 7.67. The molecule has 90 valence electrons. The minimum absolute atomic E-state index is 0.841. The maximum absolute atomic E-state index is 5.50. The summed E-state index contributed by atoms with van der Waals surface area (Å²) in [5.41, 5.74) is 2.68. The molecule has 17 heavy (non-hydrogen) atoms. The highest BCUT2D eigenvalue weighted by Gasteiger charge is 2.24. The SMILES string of the molecule is CC/C=C(\OC)P(c1ccco1)c1ccco1. The average molecular weight is 250 g/mol. The Morgan fingerprint density at radius 2 is 1.82 bits per heavy atom. The molecule has 3 nitrogen and oxygen atoms in total. The van der Waals surface area contributed by atoms with Gasteiger partial charge in [-0.15, -0.1) is 0 Å². The van der Waals surface area contributed by atoms with E-state index in [4.69, 9.17) is 13.6 Å². The maximum Gasteiger partial charge on any atom is 0.140 e. The molecule has 0 aliphatic heterocycles. The van der Waals surface area contributed by atoms with Crippen molar-refractivity contribution < 1.29 is 13.6 Å². The molecule has 0 saturated carbocycles. The monoisotopic (exact) mass is 250 g/mol. The minimum Gasteiger partial charge on any atom is -0.496 e. The summed E-state index contributed by atoms with van der Waals surface area (Å²) in [5, 5.41) is 0. The molecule has 0 bridgehead atoms. The molecule has 0 spiro atoms. The lowest BCUT2D eigenvalue weighted by molar-refractivity contribution is 0.321. The summed E-state index contributed by atoms with van der Waals surface area (Å²) in [7, 11) is 0.843. The summed E-state index contributed by atoms with van der Waals surface area (Å²) in [5.74, 6) is 0. The van der Waals surface area contributed by atoms with E-state index in [-0.39, 0.29) is 0 Å². The molecule has 0 fully saturated rings. The van der Waals surface area contributed by atoms with Crippen LogP contribution in [0.25, 0.3) is 0 Å². The smallest absolute Gasteiger partial charge is 0.140 e. The maximum atomic E-state index is 5.50. The van der Waals surface area contributed by atoms with E-state index in [0.29, 0.717) is 0 Å². The van der Waals surface area contributed by atoms with Crippen LogP contribution in [0.15, 0.2) is 57.2 Å². The zero-order chi connectivity index (χ0) is 12.1. The molecule has 4 heteroatoms. The van der Waals surface area contributed by atoms with Crippen LogP contribution in [-0.4, -0.2) is 7.11 Å². The van der Waals surface area contributed by atoms with E-state index in [0.717, 1.165) is 22.9 Å². The standard InChI is InChI=1S/C13H15O3P/c1-3-6-11(14-2)17(12-7-4-9-15-12)13-8-5-10-16-13/h4-10H,3H2,1-2H3/b11-6+. The summed E-state index contributed by atoms with van der Waals surface area (Å²) in [6.07, 6.45) is 6.33. The van der Waals surface area contributed by atoms with Gasteiger partial charge in [-0.1, -0.05) is 6.92 Å². The Hall–Kier alpha value is -1.47. The number of ether oxygens (including phenoxy) is 1. The highest BCUT2D eigenvalue weighted by molar-refractivity contribution is 7.75. The van der Waals surface area contributed by atoms with Crippen LogP contribution < -0.4 is 11.0 Å². The first kappa shape index (κ1) is 12.0. The Balaban J connectivity index is 2.41. The third kappa shape index (κ3) is 2.62. The van der Waals surface area contributed by atoms with Gasteiger partial charge in [0.05, 0.1) is 19.6 Å². The van der Waals surface area contributed by atoms with Gasteiger partial charge in [-0.2, -0.15) is 0 Å². The molecule has 0 radical (unpaired) electrons. The first-order valence-electron chi connectivity index (χ1n) is 5.48. The molecule has 0 aliphatic carbocycles. The van der Waals surface area contributed by atoms with Gasteiger partial charge in [0.1, 0.15) is 24.4 Å². The third-order valence-corrected chi connectivity index (χ3v) is 4.46. The van der Waals surface area contributed by atoms with Gasteiger partial charge in [0.25, 0.3) is 0 Å². The van der Waals surface area contributed by atoms with Crippen molar-refractivity contribution in [1.29, 1.82) is 0 Å². The number of hydrogen-bond acceptors (Lipinski definition) is 3. The fraction of sp³-hybridized carbons (Fsp3) is 0.231. The second-order valence-corrected chi connectivity index (χ2v) is 5.39. The van der Waals surface area contributed by atoms with Gasteiger partial charge in [0.15, 0.2) is 0 Å². The first-order chi connectivity index (χ1) is 8.36. The molecule has 2 rings (SSSR count). The van der Waals surface area contributed by atoms with Crippen LogP contribution in [0.5, 0.6) is 0 Å². The lowest BCUT2D eigenvalue weighted by Gasteiger charge is -2.15. The second-order valence-electron chi connectivity index (χ2n) is 3.39. The number of methoxy groups -OCH3 is 1. The van der Waals surface area contributed by atoms with Gasteiger partial charge in [-0.05, 0) is 36.8 Å². The topological polar surface area (TPSA) is 35.5 Å². The van der Waals surface area contributed by atoms with Crippen LogP contribution in [-0.2, 0) is 4.74 Å². The Labute approximate surface area is 102 Å². The molecule has 0 N–H and O–H groups in total. The van der Waals surface area contributed by atoms with Crippen LogP contribution in [0.3, 0.4) is 0 Å². The fourth-order valence-electron chi connectivity index (χ4n) is 1.56. The Kier molecular flexibility index (Phi) is 4.05. The quantitative estimate of drug-likeness (QED) is 0.603. The van der Waals surface area contributed by atoms with Gasteiger partial charge in [0.2, 0.25) is 0 Å². The summed E-state index contributed by atoms with van der Waals surface area (Å²) in [4.78, 5) is 0. The normalized spacial score (nSPS) is 12.1. The molecule has 2 aromatic rings. The first-order valence-corrected chi connectivity index (χ1v) is 6.82. The van der Waals surface area contributed by atoms with Gasteiger partial charge in [-0.25, -0.2) is 0 Å². The van der Waals surface area contributed by atoms with E-state index < -0.39 is 7.92 Å². The van der Waals surface area contributed by atoms with E-state index in [1.807, 2.05) is 24.3 Å². The number of allylic oxidation sites excluding steroid dienone is 1. The number of furan rings is 2. The van der Waals surface area contributed by atoms with Crippen molar-refractivity contribution in [2.75, 3.05) is 7.11 Å². The van der Waals surface area contributed by atoms with Gasteiger partial charge < -0.3 is 13.6 Å². The van der Waals surface area contributed by atoms with Crippen molar-refractivity contribution >= 4 is 18.9 Å². The molecule has 0 aliphatic rings. The van der Waals surface area contributed by atoms with Crippen molar-refractivity contribution in [1.82, 2.24) is 0 Å². The van der Waals surface area contributed by atoms with Crippen LogP contribution in [0.1, 0.15) is 13.3 Å². The molecule has 2 aromatic heterocycles. The molecule has 0 saturated heterocycles. The Morgan fingerprint density at radius 3 is 2.18 bits per heavy atom. The number of hydrogen-bond donors (Lipinski definition) is 0. The second kappa shape index (κ2) is 5.74. The van der Waals surface area contributed by atoms with Crippen molar-refractivity contribution in [3.63, 3.8) is 0 Å². The predicted molar refractivity (Wildman–Crippen MR) is 69.0 cm³/mol. The lowest BCUT2D eigenvalue weighted by atomic mass is 10.5. The number of rotatable bonds is 5. The van der Waals surface area contributed by atoms with E-state index in [9.17, 15) is 0 Å². The van der Waals surface area contributed by atoms with Crippen LogP contribution in [0.2, 0.25) is 0 Å². The average Bonchev–Trinajstić information content (AvgIpc) is 3.01. The molecule has 0 unspecified atom stereocenters. The van der Waals surface area contributed by atoms with Crippen molar-refractivity contribution in [3.05, 3.63) is 48.4 Å². The van der Waals surface area contributed by atoms with Crippen molar-refractivity contribution in [2.24, 2.45) is 0 Å². The van der Waals surface area contributed by atoms with Crippen LogP contribution in [0.4, 0.5) is 0 Å². The molecule has 0 amide bonds. The van der Waals surface area contributed by atoms with Gasteiger partial charge in [-0.3, -0.25) is 0 Å². The molecule has 0 aromatic carbocycles. The van der Waals surface area contributed by atoms with E-state index in [2.05, 4.69) is 13.0 Å². The molecule has 2 heterocycles. The zero-order valence-electron chi connectivity index (χ0n) is 9.92. The van der Waals surface area contributed by atoms with Crippen molar-refractivity contribution in [2.45, 2.75) is 13.3 Å². The Bertz CT molecular complexity index is 423. The highest BCUT2D eigenvalue weighted by atomic mass is 31.1. The third-order valence-electron chi connectivity index (χ3n) is 2.26. The minimum atomic E-state index is -0.841. The lowest BCUT2D eigenvalue weighted by Crippen LogP contribution is -2.10. The van der Waals surface area contributed by atoms with Crippen LogP contribution >= 0.6 is 7.92 Å². The summed E-state index contributed by atoms with van der Waals surface area (Å²) >= 11 is 0. The predicted octanol–water partition coefficient (Wildman–Crippen LogP) is 3.20. The van der Waals surface area contributed by atoms with E-state index in [1.165, 1.54) is 0 Å². The highest BCUT2D eigenvalue weighted by Crippen LogP contribution is 2.43. The van der Waals surface area contributed by atoms with Crippen molar-refractivity contribution in [3.8, 4) is 0 Å². The molecule has 0 atom stereocenters. The van der Waals surface area contributed by atoms with E-state index >= 15 is 0 Å². The van der Waals surface area contributed by atoms with Crippen LogP contribution in [0, 0.1) is 0 Å². The van der Waals surface area contributed by atoms with Gasteiger partial charge in [0, 0.05) is 0 Å². The largest absolute Gasteiger partial charge is 0.496 e. The summed E-state index contributed by atoms with van der Waals surface area (Å²) in [6.45, 7) is 2.08. The summed E-state index contributed by atoms with van der Waals surface area (Å²) < 4.78 is 16.5. The molecular formula is C13H15O3P. The Morgan fingerprint density at radius 1 is 1.24 bits per heavy atom.